The number of nitrogens with zero attached hydrogens (tertiary/aromatic N) is 1. The third-order valence-corrected chi connectivity index (χ3v) is 4.83. The summed E-state index contributed by atoms with van der Waals surface area (Å²) in [7, 11) is 0. The summed E-state index contributed by atoms with van der Waals surface area (Å²) in [6, 6.07) is 16.3. The Morgan fingerprint density at radius 1 is 1.04 bits per heavy atom. The van der Waals surface area contributed by atoms with Crippen LogP contribution in [0.2, 0.25) is 0 Å². The van der Waals surface area contributed by atoms with Gasteiger partial charge in [-0.25, -0.2) is 0 Å². The van der Waals surface area contributed by atoms with Crippen LogP contribution in [-0.4, -0.2) is 37.1 Å². The fourth-order valence-electron chi connectivity index (χ4n) is 2.77. The van der Waals surface area contributed by atoms with E-state index in [9.17, 15) is 4.79 Å². The summed E-state index contributed by atoms with van der Waals surface area (Å²) in [5.41, 5.74) is 3.38. The van der Waals surface area contributed by atoms with Gasteiger partial charge in [-0.1, -0.05) is 52.3 Å². The van der Waals surface area contributed by atoms with Crippen molar-refractivity contribution in [2.45, 2.75) is 13.1 Å². The van der Waals surface area contributed by atoms with E-state index in [2.05, 4.69) is 50.4 Å². The van der Waals surface area contributed by atoms with E-state index in [0.29, 0.717) is 6.54 Å². The Morgan fingerprint density at radius 2 is 1.69 bits per heavy atom. The van der Waals surface area contributed by atoms with Gasteiger partial charge in [-0.3, -0.25) is 9.69 Å². The van der Waals surface area contributed by atoms with Crippen molar-refractivity contribution >= 4 is 27.9 Å². The molecule has 26 heavy (non-hydrogen) atoms. The van der Waals surface area contributed by atoms with Gasteiger partial charge < -0.3 is 10.1 Å². The van der Waals surface area contributed by atoms with Gasteiger partial charge in [-0.15, -0.1) is 0 Å². The van der Waals surface area contributed by atoms with Crippen LogP contribution in [-0.2, 0) is 22.6 Å². The van der Waals surface area contributed by atoms with Gasteiger partial charge in [0.15, 0.2) is 0 Å². The van der Waals surface area contributed by atoms with E-state index in [4.69, 9.17) is 4.74 Å². The normalized spacial score (nSPS) is 15.3. The molecule has 0 aromatic heterocycles. The lowest BCUT2D eigenvalue weighted by atomic mass is 10.1. The van der Waals surface area contributed by atoms with Crippen LogP contribution in [0.15, 0.2) is 59.1 Å². The topological polar surface area (TPSA) is 41.6 Å². The van der Waals surface area contributed by atoms with E-state index in [0.717, 1.165) is 48.4 Å². The van der Waals surface area contributed by atoms with Crippen molar-refractivity contribution < 1.29 is 9.53 Å². The third kappa shape index (κ3) is 6.09. The van der Waals surface area contributed by atoms with E-state index in [1.807, 2.05) is 30.3 Å². The molecule has 0 saturated carbocycles. The Kier molecular flexibility index (Phi) is 7.00. The number of carbonyl (C=O) groups excluding carboxylic acids is 1. The summed E-state index contributed by atoms with van der Waals surface area (Å²) < 4.78 is 6.40. The third-order valence-electron chi connectivity index (χ3n) is 4.30. The lowest BCUT2D eigenvalue weighted by Crippen LogP contribution is -2.35. The SMILES string of the molecule is O=C(C=Cc1ccc(Br)cc1)NCc1ccc(CN2CCOCC2)cc1. The molecule has 2 aromatic carbocycles. The largest absolute Gasteiger partial charge is 0.379 e. The predicted molar refractivity (Wildman–Crippen MR) is 108 cm³/mol. The van der Waals surface area contributed by atoms with Gasteiger partial charge in [-0.2, -0.15) is 0 Å². The number of ether oxygens (including phenoxy) is 1. The summed E-state index contributed by atoms with van der Waals surface area (Å²) in [5.74, 6) is -0.0923. The highest BCUT2D eigenvalue weighted by molar-refractivity contribution is 9.10. The highest BCUT2D eigenvalue weighted by atomic mass is 79.9. The maximum atomic E-state index is 12.0. The van der Waals surface area contributed by atoms with Gasteiger partial charge in [0.05, 0.1) is 13.2 Å². The zero-order chi connectivity index (χ0) is 18.2. The minimum absolute atomic E-state index is 0.0923. The number of rotatable bonds is 6. The molecule has 2 aromatic rings. The second kappa shape index (κ2) is 9.67. The second-order valence-corrected chi connectivity index (χ2v) is 7.22. The van der Waals surface area contributed by atoms with E-state index in [1.165, 1.54) is 5.56 Å². The van der Waals surface area contributed by atoms with Crippen LogP contribution < -0.4 is 5.32 Å². The molecule has 136 valence electrons. The smallest absolute Gasteiger partial charge is 0.244 e. The van der Waals surface area contributed by atoms with Crippen LogP contribution in [0.5, 0.6) is 0 Å². The van der Waals surface area contributed by atoms with E-state index >= 15 is 0 Å². The second-order valence-electron chi connectivity index (χ2n) is 6.31. The molecule has 0 atom stereocenters. The number of hydrogen-bond donors (Lipinski definition) is 1. The van der Waals surface area contributed by atoms with E-state index in [-0.39, 0.29) is 5.91 Å². The number of hydrogen-bond acceptors (Lipinski definition) is 3. The monoisotopic (exact) mass is 414 g/mol. The van der Waals surface area contributed by atoms with Crippen molar-refractivity contribution in [3.8, 4) is 0 Å². The molecule has 3 rings (SSSR count). The lowest BCUT2D eigenvalue weighted by Gasteiger charge is -2.26. The van der Waals surface area contributed by atoms with Crippen LogP contribution in [0.4, 0.5) is 0 Å². The molecule has 4 nitrogen and oxygen atoms in total. The first-order valence-electron chi connectivity index (χ1n) is 8.78. The van der Waals surface area contributed by atoms with Gasteiger partial charge in [-0.05, 0) is 34.9 Å². The van der Waals surface area contributed by atoms with Crippen molar-refractivity contribution in [1.29, 1.82) is 0 Å². The standard InChI is InChI=1S/C21H23BrN2O2/c22-20-8-5-17(6-9-20)7-10-21(25)23-15-18-1-3-19(4-2-18)16-24-11-13-26-14-12-24/h1-10H,11-16H2,(H,23,25). The maximum Gasteiger partial charge on any atom is 0.244 e. The number of amides is 1. The van der Waals surface area contributed by atoms with E-state index < -0.39 is 0 Å². The number of benzene rings is 2. The first kappa shape index (κ1) is 18.8. The molecule has 0 aliphatic carbocycles. The van der Waals surface area contributed by atoms with Gasteiger partial charge in [0.25, 0.3) is 0 Å². The molecule has 0 spiro atoms. The number of nitrogens with one attached hydrogen (secondary N) is 1. The zero-order valence-corrected chi connectivity index (χ0v) is 16.2. The Hall–Kier alpha value is -1.95. The molecular weight excluding hydrogens is 392 g/mol. The Bertz CT molecular complexity index is 736. The molecule has 5 heteroatoms. The van der Waals surface area contributed by atoms with Crippen LogP contribution in [0, 0.1) is 0 Å². The van der Waals surface area contributed by atoms with Crippen LogP contribution in [0.1, 0.15) is 16.7 Å². The first-order valence-corrected chi connectivity index (χ1v) is 9.58. The highest BCUT2D eigenvalue weighted by Gasteiger charge is 2.10. The number of halogens is 1. The highest BCUT2D eigenvalue weighted by Crippen LogP contribution is 2.12. The maximum absolute atomic E-state index is 12.0. The Labute approximate surface area is 163 Å². The van der Waals surface area contributed by atoms with Crippen molar-refractivity contribution in [1.82, 2.24) is 10.2 Å². The Morgan fingerprint density at radius 3 is 2.38 bits per heavy atom. The van der Waals surface area contributed by atoms with Crippen molar-refractivity contribution in [3.63, 3.8) is 0 Å². The molecule has 1 aliphatic rings. The average Bonchev–Trinajstić information content (AvgIpc) is 2.68. The van der Waals surface area contributed by atoms with Crippen molar-refractivity contribution in [3.05, 3.63) is 75.8 Å². The van der Waals surface area contributed by atoms with Crippen molar-refractivity contribution in [2.24, 2.45) is 0 Å². The summed E-state index contributed by atoms with van der Waals surface area (Å²) >= 11 is 3.40. The summed E-state index contributed by atoms with van der Waals surface area (Å²) in [5, 5.41) is 2.92. The molecule has 1 fully saturated rings. The van der Waals surface area contributed by atoms with E-state index in [1.54, 1.807) is 6.08 Å². The minimum atomic E-state index is -0.0923. The van der Waals surface area contributed by atoms with Crippen molar-refractivity contribution in [2.75, 3.05) is 26.3 Å². The molecule has 0 bridgehead atoms. The molecular formula is C21H23BrN2O2. The average molecular weight is 415 g/mol. The molecule has 0 unspecified atom stereocenters. The van der Waals surface area contributed by atoms with Gasteiger partial charge >= 0.3 is 0 Å². The molecule has 1 N–H and O–H groups in total. The van der Waals surface area contributed by atoms with Gasteiger partial charge in [0.1, 0.15) is 0 Å². The summed E-state index contributed by atoms with van der Waals surface area (Å²) in [6.45, 7) is 5.09. The van der Waals surface area contributed by atoms with Crippen LogP contribution in [0.3, 0.4) is 0 Å². The summed E-state index contributed by atoms with van der Waals surface area (Å²) in [4.78, 5) is 14.4. The van der Waals surface area contributed by atoms with Crippen LogP contribution >= 0.6 is 15.9 Å². The number of morpholine rings is 1. The summed E-state index contributed by atoms with van der Waals surface area (Å²) in [6.07, 6.45) is 3.38. The fourth-order valence-corrected chi connectivity index (χ4v) is 3.04. The van der Waals surface area contributed by atoms with Gasteiger partial charge in [0, 0.05) is 36.7 Å². The quantitative estimate of drug-likeness (QED) is 0.733. The molecule has 0 radical (unpaired) electrons. The first-order chi connectivity index (χ1) is 12.7. The molecule has 1 aliphatic heterocycles. The fraction of sp³-hybridized carbons (Fsp3) is 0.286. The predicted octanol–water partition coefficient (Wildman–Crippen LogP) is 3.61. The van der Waals surface area contributed by atoms with Crippen LogP contribution in [0.25, 0.3) is 6.08 Å². The molecule has 1 heterocycles. The molecule has 1 amide bonds. The lowest BCUT2D eigenvalue weighted by molar-refractivity contribution is -0.116. The molecule has 1 saturated heterocycles. The minimum Gasteiger partial charge on any atom is -0.379 e. The Balaban J connectivity index is 1.45. The number of carbonyl (C=O) groups is 1. The zero-order valence-electron chi connectivity index (χ0n) is 14.7. The van der Waals surface area contributed by atoms with Gasteiger partial charge in [0.2, 0.25) is 5.91 Å².